The van der Waals surface area contributed by atoms with Crippen LogP contribution in [0, 0.1) is 5.92 Å². The number of amides is 2. The third-order valence-electron chi connectivity index (χ3n) is 4.37. The van der Waals surface area contributed by atoms with E-state index in [1.165, 1.54) is 0 Å². The number of carbonyl (C=O) groups is 3. The number of fused-ring (bicyclic) bond motifs is 1. The van der Waals surface area contributed by atoms with Gasteiger partial charge in [-0.1, -0.05) is 17.3 Å². The standard InChI is InChI=1S/C17H19N3O5/c18-17(23)11-5-7-20(8-6-11)15(21)10-24-16(22)9-13-12-3-1-2-4-14(12)25-19-13/h1-4,11H,5-10H2,(H2,18,23). The molecule has 8 heteroatoms. The van der Waals surface area contributed by atoms with Gasteiger partial charge in [0.15, 0.2) is 12.2 Å². The third-order valence-corrected chi connectivity index (χ3v) is 4.37. The lowest BCUT2D eigenvalue weighted by Gasteiger charge is -2.30. The topological polar surface area (TPSA) is 116 Å². The molecular formula is C17H19N3O5. The maximum atomic E-state index is 12.1. The highest BCUT2D eigenvalue weighted by atomic mass is 16.5. The molecule has 2 amide bonds. The van der Waals surface area contributed by atoms with E-state index in [4.69, 9.17) is 15.0 Å². The van der Waals surface area contributed by atoms with Crippen molar-refractivity contribution in [3.8, 4) is 0 Å². The largest absolute Gasteiger partial charge is 0.455 e. The molecule has 1 aliphatic heterocycles. The van der Waals surface area contributed by atoms with Crippen LogP contribution in [0.15, 0.2) is 28.8 Å². The Bertz CT molecular complexity index is 792. The lowest BCUT2D eigenvalue weighted by Crippen LogP contribution is -2.43. The Balaban J connectivity index is 1.47. The first-order chi connectivity index (χ1) is 12.0. The Morgan fingerprint density at radius 3 is 2.68 bits per heavy atom. The highest BCUT2D eigenvalue weighted by Crippen LogP contribution is 2.19. The van der Waals surface area contributed by atoms with E-state index in [1.807, 2.05) is 18.2 Å². The lowest BCUT2D eigenvalue weighted by molar-refractivity contribution is -0.152. The number of ether oxygens (including phenoxy) is 1. The van der Waals surface area contributed by atoms with Gasteiger partial charge in [-0.3, -0.25) is 14.4 Å². The fraction of sp³-hybridized carbons (Fsp3) is 0.412. The number of nitrogens with zero attached hydrogens (tertiary/aromatic N) is 2. The van der Waals surface area contributed by atoms with Crippen molar-refractivity contribution < 1.29 is 23.6 Å². The maximum Gasteiger partial charge on any atom is 0.312 e. The summed E-state index contributed by atoms with van der Waals surface area (Å²) in [5.41, 5.74) is 6.34. The van der Waals surface area contributed by atoms with E-state index in [2.05, 4.69) is 5.16 Å². The molecule has 1 aliphatic rings. The van der Waals surface area contributed by atoms with Crippen LogP contribution in [-0.4, -0.2) is 47.5 Å². The fourth-order valence-corrected chi connectivity index (χ4v) is 2.90. The second-order valence-electron chi connectivity index (χ2n) is 6.02. The first-order valence-electron chi connectivity index (χ1n) is 8.10. The zero-order chi connectivity index (χ0) is 17.8. The van der Waals surface area contributed by atoms with Gasteiger partial charge in [0.05, 0.1) is 6.42 Å². The van der Waals surface area contributed by atoms with E-state index >= 15 is 0 Å². The zero-order valence-electron chi connectivity index (χ0n) is 13.6. The molecule has 0 atom stereocenters. The van der Waals surface area contributed by atoms with Crippen LogP contribution >= 0.6 is 0 Å². The molecule has 0 aliphatic carbocycles. The highest BCUT2D eigenvalue weighted by molar-refractivity contribution is 5.85. The number of hydrogen-bond donors (Lipinski definition) is 1. The number of benzene rings is 1. The number of carbonyl (C=O) groups excluding carboxylic acids is 3. The van der Waals surface area contributed by atoms with Gasteiger partial charge in [0.2, 0.25) is 5.91 Å². The van der Waals surface area contributed by atoms with Crippen LogP contribution < -0.4 is 5.73 Å². The average molecular weight is 345 g/mol. The van der Waals surface area contributed by atoms with Crippen LogP contribution in [0.4, 0.5) is 0 Å². The van der Waals surface area contributed by atoms with Crippen LogP contribution in [0.2, 0.25) is 0 Å². The van der Waals surface area contributed by atoms with Crippen LogP contribution in [0.5, 0.6) is 0 Å². The number of esters is 1. The molecule has 2 N–H and O–H groups in total. The number of primary amides is 1. The van der Waals surface area contributed by atoms with Crippen molar-refractivity contribution in [2.45, 2.75) is 19.3 Å². The first-order valence-corrected chi connectivity index (χ1v) is 8.10. The number of likely N-dealkylation sites (tertiary alicyclic amines) is 1. The Kier molecular flexibility index (Phi) is 4.97. The van der Waals surface area contributed by atoms with Gasteiger partial charge in [-0.25, -0.2) is 0 Å². The summed E-state index contributed by atoms with van der Waals surface area (Å²) in [5, 5.41) is 4.61. The van der Waals surface area contributed by atoms with Crippen LogP contribution in [-0.2, 0) is 25.5 Å². The molecule has 0 spiro atoms. The second kappa shape index (κ2) is 7.33. The van der Waals surface area contributed by atoms with Crippen LogP contribution in [0.1, 0.15) is 18.5 Å². The Morgan fingerprint density at radius 2 is 1.96 bits per heavy atom. The number of piperidine rings is 1. The molecule has 2 aromatic rings. The molecule has 8 nitrogen and oxygen atoms in total. The van der Waals surface area contributed by atoms with E-state index in [0.29, 0.717) is 37.2 Å². The molecule has 0 unspecified atom stereocenters. The van der Waals surface area contributed by atoms with E-state index in [1.54, 1.807) is 11.0 Å². The van der Waals surface area contributed by atoms with Crippen molar-refractivity contribution in [2.24, 2.45) is 11.7 Å². The van der Waals surface area contributed by atoms with Crippen molar-refractivity contribution in [3.63, 3.8) is 0 Å². The van der Waals surface area contributed by atoms with Gasteiger partial charge in [-0.2, -0.15) is 0 Å². The number of aromatic nitrogens is 1. The van der Waals surface area contributed by atoms with E-state index in [0.717, 1.165) is 5.39 Å². The quantitative estimate of drug-likeness (QED) is 0.795. The Labute approximate surface area is 143 Å². The normalized spacial score (nSPS) is 15.3. The van der Waals surface area contributed by atoms with Gasteiger partial charge in [0.1, 0.15) is 5.69 Å². The van der Waals surface area contributed by atoms with E-state index in [-0.39, 0.29) is 30.8 Å². The van der Waals surface area contributed by atoms with Crippen LogP contribution in [0.25, 0.3) is 11.0 Å². The maximum absolute atomic E-state index is 12.1. The summed E-state index contributed by atoms with van der Waals surface area (Å²) in [7, 11) is 0. The molecule has 0 saturated carbocycles. The van der Waals surface area contributed by atoms with Gasteiger partial charge >= 0.3 is 5.97 Å². The predicted octanol–water partition coefficient (Wildman–Crippen LogP) is 0.637. The van der Waals surface area contributed by atoms with Crippen molar-refractivity contribution >= 4 is 28.8 Å². The third kappa shape index (κ3) is 3.96. The van der Waals surface area contributed by atoms with E-state index in [9.17, 15) is 14.4 Å². The molecule has 1 saturated heterocycles. The SMILES string of the molecule is NC(=O)C1CCN(C(=O)COC(=O)Cc2noc3ccccc23)CC1. The zero-order valence-corrected chi connectivity index (χ0v) is 13.6. The summed E-state index contributed by atoms with van der Waals surface area (Å²) in [6.07, 6.45) is 1.02. The Morgan fingerprint density at radius 1 is 1.24 bits per heavy atom. The fourth-order valence-electron chi connectivity index (χ4n) is 2.90. The van der Waals surface area contributed by atoms with Gasteiger partial charge < -0.3 is 19.9 Å². The minimum absolute atomic E-state index is 0.0615. The first kappa shape index (κ1) is 16.9. The van der Waals surface area contributed by atoms with Gasteiger partial charge in [-0.15, -0.1) is 0 Å². The predicted molar refractivity (Wildman–Crippen MR) is 87.2 cm³/mol. The van der Waals surface area contributed by atoms with Gasteiger partial charge in [0.25, 0.3) is 5.91 Å². The number of nitrogens with two attached hydrogens (primary N) is 1. The molecule has 1 fully saturated rings. The molecule has 3 rings (SSSR count). The number of hydrogen-bond acceptors (Lipinski definition) is 6. The number of rotatable bonds is 5. The van der Waals surface area contributed by atoms with Crippen LogP contribution in [0.3, 0.4) is 0 Å². The molecule has 2 heterocycles. The minimum Gasteiger partial charge on any atom is -0.455 e. The summed E-state index contributed by atoms with van der Waals surface area (Å²) >= 11 is 0. The van der Waals surface area contributed by atoms with E-state index < -0.39 is 5.97 Å². The lowest BCUT2D eigenvalue weighted by atomic mass is 9.96. The molecule has 0 radical (unpaired) electrons. The number of para-hydroxylation sites is 1. The van der Waals surface area contributed by atoms with Crippen molar-refractivity contribution in [1.82, 2.24) is 10.1 Å². The average Bonchev–Trinajstić information content (AvgIpc) is 3.03. The molecule has 25 heavy (non-hydrogen) atoms. The minimum atomic E-state index is -0.542. The van der Waals surface area contributed by atoms with Crippen molar-refractivity contribution in [3.05, 3.63) is 30.0 Å². The van der Waals surface area contributed by atoms with Gasteiger partial charge in [-0.05, 0) is 25.0 Å². The monoisotopic (exact) mass is 345 g/mol. The van der Waals surface area contributed by atoms with Gasteiger partial charge in [0, 0.05) is 24.4 Å². The van der Waals surface area contributed by atoms with Crippen molar-refractivity contribution in [1.29, 1.82) is 0 Å². The summed E-state index contributed by atoms with van der Waals surface area (Å²) in [5.74, 6) is -1.34. The summed E-state index contributed by atoms with van der Waals surface area (Å²) < 4.78 is 10.2. The summed E-state index contributed by atoms with van der Waals surface area (Å²) in [6.45, 7) is 0.561. The molecule has 1 aromatic carbocycles. The molecular weight excluding hydrogens is 326 g/mol. The summed E-state index contributed by atoms with van der Waals surface area (Å²) in [4.78, 5) is 36.7. The second-order valence-corrected chi connectivity index (χ2v) is 6.02. The smallest absolute Gasteiger partial charge is 0.312 e. The Hall–Kier alpha value is -2.90. The van der Waals surface area contributed by atoms with Crippen molar-refractivity contribution in [2.75, 3.05) is 19.7 Å². The molecule has 0 bridgehead atoms. The molecule has 1 aromatic heterocycles. The molecule has 132 valence electrons. The summed E-state index contributed by atoms with van der Waals surface area (Å²) in [6, 6.07) is 7.21. The highest BCUT2D eigenvalue weighted by Gasteiger charge is 2.26.